The van der Waals surface area contributed by atoms with Crippen molar-refractivity contribution in [2.45, 2.75) is 38.7 Å². The van der Waals surface area contributed by atoms with Crippen LogP contribution in [0.25, 0.3) is 0 Å². The fraction of sp³-hybridized carbons (Fsp3) is 1.00. The molecule has 0 aliphatic rings. The van der Waals surface area contributed by atoms with E-state index in [1.807, 2.05) is 6.92 Å². The van der Waals surface area contributed by atoms with Crippen molar-refractivity contribution in [3.63, 3.8) is 0 Å². The van der Waals surface area contributed by atoms with E-state index in [1.165, 1.54) is 6.42 Å². The zero-order valence-corrected chi connectivity index (χ0v) is 12.1. The van der Waals surface area contributed by atoms with Gasteiger partial charge in [-0.3, -0.25) is 0 Å². The minimum absolute atomic E-state index is 0.346. The molecule has 0 fully saturated rings. The minimum atomic E-state index is -0.695. The van der Waals surface area contributed by atoms with Gasteiger partial charge in [0, 0.05) is 19.6 Å². The number of nitrogens with zero attached hydrogens (tertiary/aromatic N) is 2. The molecule has 0 heterocycles. The summed E-state index contributed by atoms with van der Waals surface area (Å²) < 4.78 is 0. The molecule has 17 heavy (non-hydrogen) atoms. The van der Waals surface area contributed by atoms with E-state index in [9.17, 15) is 5.11 Å². The first-order valence-corrected chi connectivity index (χ1v) is 6.71. The highest BCUT2D eigenvalue weighted by Crippen LogP contribution is 2.10. The molecule has 0 aromatic heterocycles. The summed E-state index contributed by atoms with van der Waals surface area (Å²) in [5.41, 5.74) is 4.81. The van der Waals surface area contributed by atoms with Crippen LogP contribution in [0, 0.1) is 0 Å². The first kappa shape index (κ1) is 16.8. The van der Waals surface area contributed by atoms with Crippen LogP contribution in [0.3, 0.4) is 0 Å². The van der Waals surface area contributed by atoms with Crippen molar-refractivity contribution in [3.05, 3.63) is 0 Å². The molecule has 0 aromatic rings. The predicted molar refractivity (Wildman–Crippen MR) is 74.2 cm³/mol. The second-order valence-electron chi connectivity index (χ2n) is 5.45. The Kier molecular flexibility index (Phi) is 8.78. The summed E-state index contributed by atoms with van der Waals surface area (Å²) >= 11 is 0. The molecule has 3 N–H and O–H groups in total. The molecular weight excluding hydrogens is 214 g/mol. The van der Waals surface area contributed by atoms with Crippen LogP contribution >= 0.6 is 0 Å². The number of hydrogen-bond donors (Lipinski definition) is 2. The lowest BCUT2D eigenvalue weighted by molar-refractivity contribution is 0.0541. The third-order valence-electron chi connectivity index (χ3n) is 3.03. The van der Waals surface area contributed by atoms with Gasteiger partial charge in [-0.25, -0.2) is 0 Å². The Labute approximate surface area is 107 Å². The highest BCUT2D eigenvalue weighted by Gasteiger charge is 2.17. The highest BCUT2D eigenvalue weighted by atomic mass is 16.3. The molecule has 0 aliphatic heterocycles. The van der Waals surface area contributed by atoms with Crippen molar-refractivity contribution in [2.75, 3.05) is 46.8 Å². The maximum Gasteiger partial charge on any atom is 0.0741 e. The monoisotopic (exact) mass is 245 g/mol. The predicted octanol–water partition coefficient (Wildman–Crippen LogP) is 0.750. The third kappa shape index (κ3) is 9.53. The average Bonchev–Trinajstić information content (AvgIpc) is 2.25. The zero-order chi connectivity index (χ0) is 13.3. The van der Waals surface area contributed by atoms with Gasteiger partial charge >= 0.3 is 0 Å². The van der Waals surface area contributed by atoms with Crippen LogP contribution in [0.4, 0.5) is 0 Å². The van der Waals surface area contributed by atoms with Crippen molar-refractivity contribution in [1.82, 2.24) is 9.80 Å². The molecule has 0 saturated heterocycles. The van der Waals surface area contributed by atoms with Gasteiger partial charge in [0.05, 0.1) is 5.60 Å². The molecule has 0 aliphatic carbocycles. The van der Waals surface area contributed by atoms with Gasteiger partial charge in [-0.1, -0.05) is 6.92 Å². The summed E-state index contributed by atoms with van der Waals surface area (Å²) in [6.07, 6.45) is 2.98. The Hall–Kier alpha value is -0.160. The van der Waals surface area contributed by atoms with Gasteiger partial charge in [-0.05, 0) is 53.4 Å². The van der Waals surface area contributed by atoms with E-state index >= 15 is 0 Å². The van der Waals surface area contributed by atoms with E-state index in [0.717, 1.165) is 39.0 Å². The maximum atomic E-state index is 9.83. The first-order valence-electron chi connectivity index (χ1n) is 6.71. The van der Waals surface area contributed by atoms with Gasteiger partial charge in [-0.15, -0.1) is 0 Å². The molecule has 104 valence electrons. The summed E-state index contributed by atoms with van der Waals surface area (Å²) in [5, 5.41) is 9.83. The van der Waals surface area contributed by atoms with Gasteiger partial charge in [0.2, 0.25) is 0 Å². The molecule has 1 unspecified atom stereocenters. The fourth-order valence-corrected chi connectivity index (χ4v) is 1.78. The summed E-state index contributed by atoms with van der Waals surface area (Å²) in [7, 11) is 4.20. The molecule has 4 nitrogen and oxygen atoms in total. The zero-order valence-electron chi connectivity index (χ0n) is 12.1. The van der Waals surface area contributed by atoms with E-state index in [2.05, 4.69) is 30.8 Å². The Morgan fingerprint density at radius 2 is 1.76 bits per heavy atom. The standard InChI is InChI=1S/C13H31N3O/c1-5-8-16(11-10-15(3)4)9-6-7-13(2,17)12-14/h17H,5-12,14H2,1-4H3. The number of likely N-dealkylation sites (N-methyl/N-ethyl adjacent to an activating group) is 1. The van der Waals surface area contributed by atoms with E-state index in [4.69, 9.17) is 5.73 Å². The Balaban J connectivity index is 3.84. The summed E-state index contributed by atoms with van der Waals surface area (Å²) in [6.45, 7) is 8.75. The quantitative estimate of drug-likeness (QED) is 0.596. The normalized spacial score (nSPS) is 15.5. The van der Waals surface area contributed by atoms with Crippen molar-refractivity contribution >= 4 is 0 Å². The van der Waals surface area contributed by atoms with Crippen molar-refractivity contribution < 1.29 is 5.11 Å². The number of nitrogens with two attached hydrogens (primary N) is 1. The van der Waals surface area contributed by atoms with Gasteiger partial charge in [-0.2, -0.15) is 0 Å². The lowest BCUT2D eigenvalue weighted by Gasteiger charge is -2.26. The molecule has 4 heteroatoms. The number of hydrogen-bond acceptors (Lipinski definition) is 4. The first-order chi connectivity index (χ1) is 7.91. The molecule has 0 spiro atoms. The third-order valence-corrected chi connectivity index (χ3v) is 3.03. The van der Waals surface area contributed by atoms with Gasteiger partial charge in [0.15, 0.2) is 0 Å². The van der Waals surface area contributed by atoms with Gasteiger partial charge in [0.25, 0.3) is 0 Å². The molecular formula is C13H31N3O. The average molecular weight is 245 g/mol. The lowest BCUT2D eigenvalue weighted by Crippen LogP contribution is -2.37. The summed E-state index contributed by atoms with van der Waals surface area (Å²) in [4.78, 5) is 4.67. The van der Waals surface area contributed by atoms with Crippen LogP contribution in [0.2, 0.25) is 0 Å². The molecule has 0 amide bonds. The Bertz CT molecular complexity index is 184. The SMILES string of the molecule is CCCN(CCCC(C)(O)CN)CCN(C)C. The van der Waals surface area contributed by atoms with Crippen LogP contribution < -0.4 is 5.73 Å². The van der Waals surface area contributed by atoms with Crippen molar-refractivity contribution in [2.24, 2.45) is 5.73 Å². The molecule has 0 saturated carbocycles. The van der Waals surface area contributed by atoms with Crippen molar-refractivity contribution in [1.29, 1.82) is 0 Å². The topological polar surface area (TPSA) is 52.7 Å². The van der Waals surface area contributed by atoms with E-state index < -0.39 is 5.60 Å². The second-order valence-corrected chi connectivity index (χ2v) is 5.45. The molecule has 0 bridgehead atoms. The van der Waals surface area contributed by atoms with E-state index in [0.29, 0.717) is 6.54 Å². The maximum absolute atomic E-state index is 9.83. The Morgan fingerprint density at radius 3 is 2.24 bits per heavy atom. The highest BCUT2D eigenvalue weighted by molar-refractivity contribution is 4.74. The van der Waals surface area contributed by atoms with E-state index in [1.54, 1.807) is 0 Å². The Morgan fingerprint density at radius 1 is 1.12 bits per heavy atom. The summed E-state index contributed by atoms with van der Waals surface area (Å²) in [5.74, 6) is 0. The van der Waals surface area contributed by atoms with Crippen molar-refractivity contribution in [3.8, 4) is 0 Å². The molecule has 0 rings (SSSR count). The van der Waals surface area contributed by atoms with Gasteiger partial charge < -0.3 is 20.6 Å². The smallest absolute Gasteiger partial charge is 0.0741 e. The minimum Gasteiger partial charge on any atom is -0.389 e. The van der Waals surface area contributed by atoms with Crippen LogP contribution in [0.1, 0.15) is 33.1 Å². The van der Waals surface area contributed by atoms with E-state index in [-0.39, 0.29) is 0 Å². The second kappa shape index (κ2) is 8.86. The van der Waals surface area contributed by atoms with Crippen LogP contribution in [0.5, 0.6) is 0 Å². The molecule has 1 atom stereocenters. The fourth-order valence-electron chi connectivity index (χ4n) is 1.78. The molecule has 0 radical (unpaired) electrons. The largest absolute Gasteiger partial charge is 0.389 e. The lowest BCUT2D eigenvalue weighted by atomic mass is 10.0. The van der Waals surface area contributed by atoms with Crippen LogP contribution in [-0.2, 0) is 0 Å². The van der Waals surface area contributed by atoms with Gasteiger partial charge in [0.1, 0.15) is 0 Å². The van der Waals surface area contributed by atoms with Crippen LogP contribution in [0.15, 0.2) is 0 Å². The summed E-state index contributed by atoms with van der Waals surface area (Å²) in [6, 6.07) is 0. The number of aliphatic hydroxyl groups is 1. The van der Waals surface area contributed by atoms with Crippen LogP contribution in [-0.4, -0.2) is 67.3 Å². The molecule has 0 aromatic carbocycles. The number of rotatable bonds is 10.